The molecule has 2 N–H and O–H groups in total. The number of amides is 1. The van der Waals surface area contributed by atoms with E-state index in [2.05, 4.69) is 16.4 Å². The van der Waals surface area contributed by atoms with Crippen molar-refractivity contribution in [2.24, 2.45) is 16.8 Å². The van der Waals surface area contributed by atoms with Gasteiger partial charge in [-0.3, -0.25) is 14.7 Å². The van der Waals surface area contributed by atoms with Crippen LogP contribution in [-0.2, 0) is 11.3 Å². The van der Waals surface area contributed by atoms with Gasteiger partial charge in [-0.05, 0) is 67.4 Å². The molecule has 0 radical (unpaired) electrons. The molecule has 1 aromatic carbocycles. The van der Waals surface area contributed by atoms with Gasteiger partial charge in [0.2, 0.25) is 5.91 Å². The average Bonchev–Trinajstić information content (AvgIpc) is 3.62. The number of allylic oxidation sites excluding steroid dienone is 4. The molecule has 1 aliphatic heterocycles. The third-order valence-electron chi connectivity index (χ3n) is 5.92. The van der Waals surface area contributed by atoms with Gasteiger partial charge in [0, 0.05) is 36.8 Å². The lowest BCUT2D eigenvalue weighted by Crippen LogP contribution is -2.55. The summed E-state index contributed by atoms with van der Waals surface area (Å²) in [5.41, 5.74) is 2.61. The van der Waals surface area contributed by atoms with Crippen molar-refractivity contribution in [3.8, 4) is 0 Å². The molecule has 182 valence electrons. The summed E-state index contributed by atoms with van der Waals surface area (Å²) in [6, 6.07) is 7.25. The zero-order valence-electron chi connectivity index (χ0n) is 19.7. The van der Waals surface area contributed by atoms with Crippen molar-refractivity contribution in [1.29, 1.82) is 5.41 Å². The largest absolute Gasteiger partial charge is 0.323 e. The van der Waals surface area contributed by atoms with Crippen LogP contribution >= 0.6 is 0 Å². The molecule has 0 spiro atoms. The molecule has 2 aliphatic rings. The molecule has 1 aromatic rings. The van der Waals surface area contributed by atoms with E-state index in [-0.39, 0.29) is 24.9 Å². The highest BCUT2D eigenvalue weighted by molar-refractivity contribution is 5.99. The van der Waals surface area contributed by atoms with E-state index < -0.39 is 5.92 Å². The molecular formula is C27H34F2N4O. The van der Waals surface area contributed by atoms with E-state index >= 15 is 0 Å². The van der Waals surface area contributed by atoms with E-state index in [0.29, 0.717) is 18.7 Å². The van der Waals surface area contributed by atoms with Crippen LogP contribution in [0.3, 0.4) is 0 Å². The van der Waals surface area contributed by atoms with Crippen molar-refractivity contribution in [1.82, 2.24) is 4.90 Å². The lowest BCUT2D eigenvalue weighted by Gasteiger charge is -2.38. The fourth-order valence-electron chi connectivity index (χ4n) is 3.64. The van der Waals surface area contributed by atoms with Crippen LogP contribution in [-0.4, -0.2) is 42.2 Å². The topological polar surface area (TPSA) is 68.5 Å². The second kappa shape index (κ2) is 12.5. The first-order valence-electron chi connectivity index (χ1n) is 11.9. The zero-order valence-corrected chi connectivity index (χ0v) is 19.7. The van der Waals surface area contributed by atoms with Crippen LogP contribution in [0.25, 0.3) is 0 Å². The molecule has 1 saturated carbocycles. The number of carbonyl (C=O) groups excluding carboxylic acids is 1. The van der Waals surface area contributed by atoms with Gasteiger partial charge < -0.3 is 10.7 Å². The predicted octanol–water partition coefficient (Wildman–Crippen LogP) is 6.01. The summed E-state index contributed by atoms with van der Waals surface area (Å²) in [6.45, 7) is 2.12. The van der Waals surface area contributed by atoms with Gasteiger partial charge in [0.25, 0.3) is 5.92 Å². The summed E-state index contributed by atoms with van der Waals surface area (Å²) in [4.78, 5) is 18.3. The van der Waals surface area contributed by atoms with E-state index in [1.807, 2.05) is 37.4 Å². The normalized spacial score (nSPS) is 19.6. The van der Waals surface area contributed by atoms with Gasteiger partial charge in [-0.25, -0.2) is 8.78 Å². The number of rotatable bonds is 13. The van der Waals surface area contributed by atoms with Gasteiger partial charge in [-0.15, -0.1) is 0 Å². The molecule has 2 fully saturated rings. The molecule has 1 saturated heterocycles. The molecule has 1 heterocycles. The molecule has 0 aromatic heterocycles. The quantitative estimate of drug-likeness (QED) is 0.275. The van der Waals surface area contributed by atoms with Gasteiger partial charge in [0.15, 0.2) is 0 Å². The third-order valence-corrected chi connectivity index (χ3v) is 5.92. The van der Waals surface area contributed by atoms with Crippen molar-refractivity contribution >= 4 is 24.0 Å². The van der Waals surface area contributed by atoms with Crippen LogP contribution in [0.2, 0.25) is 0 Å². The fraction of sp³-hybridized carbons (Fsp3) is 0.444. The van der Waals surface area contributed by atoms with Crippen LogP contribution in [0.15, 0.2) is 65.3 Å². The number of likely N-dealkylation sites (tertiary alicyclic amines) is 1. The number of hydrogen-bond acceptors (Lipinski definition) is 4. The summed E-state index contributed by atoms with van der Waals surface area (Å²) in [6.07, 6.45) is 17.6. The Morgan fingerprint density at radius 2 is 2.03 bits per heavy atom. The van der Waals surface area contributed by atoms with Crippen LogP contribution in [0.1, 0.15) is 44.6 Å². The van der Waals surface area contributed by atoms with Crippen molar-refractivity contribution in [3.05, 3.63) is 65.9 Å². The number of nitrogens with zero attached hydrogens (tertiary/aromatic N) is 2. The first kappa shape index (κ1) is 25.7. The Morgan fingerprint density at radius 1 is 1.29 bits per heavy atom. The monoisotopic (exact) mass is 468 g/mol. The Morgan fingerprint density at radius 3 is 2.65 bits per heavy atom. The number of nitrogens with one attached hydrogen (secondary N) is 2. The maximum Gasteiger partial charge on any atom is 0.272 e. The second-order valence-corrected chi connectivity index (χ2v) is 9.11. The lowest BCUT2D eigenvalue weighted by molar-refractivity contribution is -0.133. The highest BCUT2D eigenvalue weighted by atomic mass is 19.3. The number of hydrogen-bond donors (Lipinski definition) is 2. The van der Waals surface area contributed by atoms with Gasteiger partial charge in [0.1, 0.15) is 0 Å². The summed E-state index contributed by atoms with van der Waals surface area (Å²) < 4.78 is 25.9. The first-order chi connectivity index (χ1) is 16.4. The average molecular weight is 469 g/mol. The summed E-state index contributed by atoms with van der Waals surface area (Å²) in [7, 11) is 0. The smallest absolute Gasteiger partial charge is 0.272 e. The molecule has 34 heavy (non-hydrogen) atoms. The number of aliphatic imine (C=N–C) groups is 1. The van der Waals surface area contributed by atoms with Crippen LogP contribution in [0.4, 0.5) is 14.5 Å². The molecule has 1 amide bonds. The van der Waals surface area contributed by atoms with Crippen LogP contribution in [0.5, 0.6) is 0 Å². The van der Waals surface area contributed by atoms with Crippen molar-refractivity contribution in [2.45, 2.75) is 51.5 Å². The van der Waals surface area contributed by atoms with Crippen molar-refractivity contribution < 1.29 is 13.6 Å². The minimum absolute atomic E-state index is 0.0417. The van der Waals surface area contributed by atoms with Gasteiger partial charge >= 0.3 is 0 Å². The Hall–Kier alpha value is -2.93. The van der Waals surface area contributed by atoms with E-state index in [1.165, 1.54) is 25.1 Å². The highest BCUT2D eigenvalue weighted by Gasteiger charge is 2.43. The molecule has 1 aliphatic carbocycles. The molecule has 3 rings (SSSR count). The molecule has 1 atom stereocenters. The van der Waals surface area contributed by atoms with E-state index in [4.69, 9.17) is 5.41 Å². The maximum absolute atomic E-state index is 12.9. The Balaban J connectivity index is 1.39. The Labute approximate surface area is 200 Å². The first-order valence-corrected chi connectivity index (χ1v) is 11.9. The summed E-state index contributed by atoms with van der Waals surface area (Å²) >= 11 is 0. The van der Waals surface area contributed by atoms with Gasteiger partial charge in [-0.1, -0.05) is 37.3 Å². The Bertz CT molecular complexity index is 938. The number of anilines is 1. The number of alkyl halides is 2. The maximum atomic E-state index is 12.9. The summed E-state index contributed by atoms with van der Waals surface area (Å²) in [5.74, 6) is -1.93. The van der Waals surface area contributed by atoms with Crippen LogP contribution < -0.4 is 5.32 Å². The molecule has 1 unspecified atom stereocenters. The predicted molar refractivity (Wildman–Crippen MR) is 135 cm³/mol. The SMILES string of the molecule is CCC(/C=N\C=C/C/C(C=N)=C/CC1CC1)/C=C/C(=O)Nc1ccc(CN2CC(F)(F)C2)cc1. The molecule has 7 heteroatoms. The van der Waals surface area contributed by atoms with Crippen LogP contribution in [0, 0.1) is 17.2 Å². The molecular weight excluding hydrogens is 434 g/mol. The third kappa shape index (κ3) is 9.14. The molecule has 5 nitrogen and oxygen atoms in total. The van der Waals surface area contributed by atoms with E-state index in [1.54, 1.807) is 23.2 Å². The van der Waals surface area contributed by atoms with E-state index in [0.717, 1.165) is 29.9 Å². The lowest BCUT2D eigenvalue weighted by atomic mass is 10.1. The van der Waals surface area contributed by atoms with Crippen molar-refractivity contribution in [3.63, 3.8) is 0 Å². The number of benzene rings is 1. The standard InChI is InChI=1S/C27H34F2N4O/c1-2-21(17-31-15-3-4-23(16-30)8-7-22-5-6-22)11-14-26(34)32-25-12-9-24(10-13-25)18-33-19-27(28,29)20-33/h3,8-17,21-22,30H,2,4-7,18-20H2,1H3,(H,32,34)/b14-11+,15-3-,23-8-,30-16?,31-17-. The minimum atomic E-state index is -2.56. The number of carbonyl (C=O) groups is 1. The van der Waals surface area contributed by atoms with Crippen molar-refractivity contribution in [2.75, 3.05) is 18.4 Å². The zero-order chi connectivity index (χ0) is 24.4. The summed E-state index contributed by atoms with van der Waals surface area (Å²) in [5, 5.41) is 10.3. The van der Waals surface area contributed by atoms with Gasteiger partial charge in [0.05, 0.1) is 13.1 Å². The second-order valence-electron chi connectivity index (χ2n) is 9.11. The highest BCUT2D eigenvalue weighted by Crippen LogP contribution is 2.33. The minimum Gasteiger partial charge on any atom is -0.323 e. The van der Waals surface area contributed by atoms with Gasteiger partial charge in [-0.2, -0.15) is 0 Å². The van der Waals surface area contributed by atoms with E-state index in [9.17, 15) is 13.6 Å². The fourth-order valence-corrected chi connectivity index (χ4v) is 3.64. The Kier molecular flexibility index (Phi) is 9.45. The molecule has 0 bridgehead atoms. The number of halogens is 2.